The molecule has 1 N–H and O–H groups in total. The van der Waals surface area contributed by atoms with Gasteiger partial charge < -0.3 is 24.6 Å². The molecular weight excluding hydrogens is 675 g/mol. The number of ether oxygens (including phenoxy) is 2. The second-order valence-corrected chi connectivity index (χ2v) is 15.9. The first kappa shape index (κ1) is 47.5. The molecule has 2 amide bonds. The monoisotopic (exact) mass is 756 g/mol. The number of benzene rings is 1. The summed E-state index contributed by atoms with van der Waals surface area (Å²) in [5.74, 6) is 0.113. The molecule has 8 nitrogen and oxygen atoms in total. The summed E-state index contributed by atoms with van der Waals surface area (Å²) in [7, 11) is 1.65. The van der Waals surface area contributed by atoms with Crippen LogP contribution in [0.3, 0.4) is 0 Å². The van der Waals surface area contributed by atoms with Crippen LogP contribution in [0, 0.1) is 0 Å². The van der Waals surface area contributed by atoms with Crippen molar-refractivity contribution >= 4 is 17.8 Å². The van der Waals surface area contributed by atoms with Crippen LogP contribution >= 0.6 is 0 Å². The third-order valence-corrected chi connectivity index (χ3v) is 11.3. The minimum atomic E-state index is -0.585. The summed E-state index contributed by atoms with van der Waals surface area (Å²) in [5.41, 5.74) is 1.11. The highest BCUT2D eigenvalue weighted by atomic mass is 16.5. The van der Waals surface area contributed by atoms with Crippen LogP contribution in [-0.2, 0) is 25.5 Å². The van der Waals surface area contributed by atoms with E-state index in [0.29, 0.717) is 38.4 Å². The number of methoxy groups -OCH3 is 1. The SMILES string of the molecule is CCCCCCCCCCCCCCCC(=O)OCC(=O)N(CCCN1CCCCC1C)C(CCCCCCCC)C(=O)NCCc1ccc(OC)cc1. The second-order valence-electron chi connectivity index (χ2n) is 15.9. The molecule has 1 fully saturated rings. The minimum Gasteiger partial charge on any atom is -0.497 e. The Bertz CT molecular complexity index is 1100. The van der Waals surface area contributed by atoms with Crippen molar-refractivity contribution in [1.29, 1.82) is 0 Å². The third kappa shape index (κ3) is 22.1. The number of nitrogens with zero attached hydrogens (tertiary/aromatic N) is 2. The average molecular weight is 756 g/mol. The van der Waals surface area contributed by atoms with Gasteiger partial charge in [-0.1, -0.05) is 148 Å². The largest absolute Gasteiger partial charge is 0.497 e. The fourth-order valence-electron chi connectivity index (χ4n) is 7.76. The van der Waals surface area contributed by atoms with Gasteiger partial charge in [0.15, 0.2) is 6.61 Å². The molecule has 0 aromatic heterocycles. The van der Waals surface area contributed by atoms with Gasteiger partial charge >= 0.3 is 5.97 Å². The number of carbonyl (C=O) groups excluding carboxylic acids is 3. The van der Waals surface area contributed by atoms with Crippen molar-refractivity contribution in [2.45, 2.75) is 200 Å². The zero-order valence-electron chi connectivity index (χ0n) is 35.3. The molecular formula is C46H81N3O5. The number of carbonyl (C=O) groups is 3. The number of amides is 2. The number of unbranched alkanes of at least 4 members (excludes halogenated alkanes) is 17. The van der Waals surface area contributed by atoms with Crippen LogP contribution in [0.4, 0.5) is 0 Å². The Kier molecular flexibility index (Phi) is 27.8. The molecule has 0 radical (unpaired) electrons. The number of rotatable bonds is 33. The van der Waals surface area contributed by atoms with Crippen molar-refractivity contribution in [2.75, 3.05) is 39.9 Å². The Labute approximate surface area is 331 Å². The molecule has 310 valence electrons. The van der Waals surface area contributed by atoms with Gasteiger partial charge in [-0.15, -0.1) is 0 Å². The number of nitrogens with one attached hydrogen (secondary N) is 1. The quantitative estimate of drug-likeness (QED) is 0.0568. The number of likely N-dealkylation sites (tertiary alicyclic amines) is 1. The fraction of sp³-hybridized carbons (Fsp3) is 0.804. The van der Waals surface area contributed by atoms with Gasteiger partial charge in [0.2, 0.25) is 5.91 Å². The fourth-order valence-corrected chi connectivity index (χ4v) is 7.76. The van der Waals surface area contributed by atoms with Crippen LogP contribution in [0.5, 0.6) is 5.75 Å². The van der Waals surface area contributed by atoms with Crippen molar-refractivity contribution in [1.82, 2.24) is 15.1 Å². The van der Waals surface area contributed by atoms with Gasteiger partial charge in [-0.25, -0.2) is 0 Å². The average Bonchev–Trinajstić information content (AvgIpc) is 3.18. The van der Waals surface area contributed by atoms with E-state index < -0.39 is 6.04 Å². The van der Waals surface area contributed by atoms with Crippen molar-refractivity contribution in [3.05, 3.63) is 29.8 Å². The summed E-state index contributed by atoms with van der Waals surface area (Å²) in [4.78, 5) is 44.8. The van der Waals surface area contributed by atoms with Crippen LogP contribution in [0.2, 0.25) is 0 Å². The molecule has 2 atom stereocenters. The standard InChI is InChI=1S/C46H81N3O5/c1-5-7-9-11-13-14-15-16-17-18-19-21-23-29-45(51)54-39-44(50)49(38-26-37-48-36-25-24-27-40(48)3)43(28-22-20-12-10-8-6-2)46(52)47-35-34-41-30-32-42(53-4)33-31-41/h30-33,40,43H,5-29,34-39H2,1-4H3,(H,47,52). The molecule has 1 heterocycles. The van der Waals surface area contributed by atoms with E-state index in [4.69, 9.17) is 9.47 Å². The zero-order chi connectivity index (χ0) is 39.1. The maximum atomic E-state index is 13.9. The van der Waals surface area contributed by atoms with Gasteiger partial charge in [-0.05, 0) is 69.7 Å². The Hall–Kier alpha value is -2.61. The highest BCUT2D eigenvalue weighted by Crippen LogP contribution is 2.19. The highest BCUT2D eigenvalue weighted by Gasteiger charge is 2.30. The first-order valence-electron chi connectivity index (χ1n) is 22.5. The third-order valence-electron chi connectivity index (χ3n) is 11.3. The second kappa shape index (κ2) is 31.6. The number of piperidine rings is 1. The van der Waals surface area contributed by atoms with E-state index in [1.54, 1.807) is 12.0 Å². The van der Waals surface area contributed by atoms with E-state index in [2.05, 4.69) is 31.0 Å². The molecule has 1 aromatic rings. The van der Waals surface area contributed by atoms with Gasteiger partial charge in [0, 0.05) is 32.1 Å². The van der Waals surface area contributed by atoms with E-state index in [1.807, 2.05) is 24.3 Å². The molecule has 1 saturated heterocycles. The molecule has 1 aliphatic rings. The zero-order valence-corrected chi connectivity index (χ0v) is 35.3. The van der Waals surface area contributed by atoms with Crippen LogP contribution in [0.1, 0.15) is 187 Å². The van der Waals surface area contributed by atoms with Crippen LogP contribution in [0.25, 0.3) is 0 Å². The summed E-state index contributed by atoms with van der Waals surface area (Å²) >= 11 is 0. The van der Waals surface area contributed by atoms with Crippen LogP contribution < -0.4 is 10.1 Å². The molecule has 1 aliphatic heterocycles. The van der Waals surface area contributed by atoms with Crippen LogP contribution in [-0.4, -0.2) is 79.6 Å². The Morgan fingerprint density at radius 2 is 1.35 bits per heavy atom. The minimum absolute atomic E-state index is 0.116. The Morgan fingerprint density at radius 3 is 1.93 bits per heavy atom. The van der Waals surface area contributed by atoms with Gasteiger partial charge in [0.1, 0.15) is 11.8 Å². The lowest BCUT2D eigenvalue weighted by Gasteiger charge is -2.35. The molecule has 0 saturated carbocycles. The molecule has 1 aromatic carbocycles. The van der Waals surface area contributed by atoms with Gasteiger partial charge in [0.05, 0.1) is 7.11 Å². The highest BCUT2D eigenvalue weighted by molar-refractivity contribution is 5.88. The van der Waals surface area contributed by atoms with E-state index in [1.165, 1.54) is 103 Å². The molecule has 2 rings (SSSR count). The molecule has 0 bridgehead atoms. The number of hydrogen-bond acceptors (Lipinski definition) is 6. The van der Waals surface area contributed by atoms with Crippen molar-refractivity contribution in [2.24, 2.45) is 0 Å². The lowest BCUT2D eigenvalue weighted by Crippen LogP contribution is -2.52. The van der Waals surface area contributed by atoms with Gasteiger partial charge in [-0.3, -0.25) is 14.4 Å². The number of hydrogen-bond donors (Lipinski definition) is 1. The molecule has 8 heteroatoms. The lowest BCUT2D eigenvalue weighted by atomic mass is 10.0. The van der Waals surface area contributed by atoms with Crippen molar-refractivity contribution in [3.63, 3.8) is 0 Å². The summed E-state index contributed by atoms with van der Waals surface area (Å²) in [6.07, 6.45) is 29.0. The maximum absolute atomic E-state index is 13.9. The summed E-state index contributed by atoms with van der Waals surface area (Å²) in [6, 6.07) is 7.85. The predicted molar refractivity (Wildman–Crippen MR) is 224 cm³/mol. The summed E-state index contributed by atoms with van der Waals surface area (Å²) in [6.45, 7) is 9.41. The Balaban J connectivity index is 1.92. The Morgan fingerprint density at radius 1 is 0.778 bits per heavy atom. The van der Waals surface area contributed by atoms with Crippen molar-refractivity contribution in [3.8, 4) is 5.75 Å². The maximum Gasteiger partial charge on any atom is 0.306 e. The molecule has 54 heavy (non-hydrogen) atoms. The normalized spacial score (nSPS) is 15.1. The number of esters is 1. The van der Waals surface area contributed by atoms with Gasteiger partial charge in [0.25, 0.3) is 5.91 Å². The summed E-state index contributed by atoms with van der Waals surface area (Å²) in [5, 5.41) is 3.15. The summed E-state index contributed by atoms with van der Waals surface area (Å²) < 4.78 is 10.9. The van der Waals surface area contributed by atoms with E-state index >= 15 is 0 Å². The predicted octanol–water partition coefficient (Wildman–Crippen LogP) is 10.6. The van der Waals surface area contributed by atoms with E-state index in [-0.39, 0.29) is 24.4 Å². The van der Waals surface area contributed by atoms with Crippen LogP contribution in [0.15, 0.2) is 24.3 Å². The van der Waals surface area contributed by atoms with E-state index in [9.17, 15) is 14.4 Å². The lowest BCUT2D eigenvalue weighted by molar-refractivity contribution is -0.154. The molecule has 0 aliphatic carbocycles. The van der Waals surface area contributed by atoms with Crippen molar-refractivity contribution < 1.29 is 23.9 Å². The first-order chi connectivity index (χ1) is 26.4. The smallest absolute Gasteiger partial charge is 0.306 e. The van der Waals surface area contributed by atoms with Gasteiger partial charge in [-0.2, -0.15) is 0 Å². The first-order valence-corrected chi connectivity index (χ1v) is 22.5. The topological polar surface area (TPSA) is 88.2 Å². The van der Waals surface area contributed by atoms with E-state index in [0.717, 1.165) is 69.3 Å². The molecule has 0 spiro atoms. The molecule has 2 unspecified atom stereocenters.